The molecule has 152 valence electrons. The van der Waals surface area contributed by atoms with Gasteiger partial charge in [0.1, 0.15) is 34.0 Å². The summed E-state index contributed by atoms with van der Waals surface area (Å²) in [6.07, 6.45) is 0.635. The smallest absolute Gasteiger partial charge is 0.197 e. The molecule has 0 radical (unpaired) electrons. The van der Waals surface area contributed by atoms with Crippen molar-refractivity contribution in [1.82, 2.24) is 4.90 Å². The minimum Gasteiger partial charge on any atom is -0.508 e. The average molecular weight is 418 g/mol. The molecule has 2 atom stereocenters. The van der Waals surface area contributed by atoms with Crippen LogP contribution in [0.3, 0.4) is 0 Å². The number of likely N-dealkylation sites (tertiary alicyclic amines) is 1. The van der Waals surface area contributed by atoms with Crippen molar-refractivity contribution in [3.8, 4) is 28.6 Å². The number of aliphatic hydroxyl groups is 1. The fraction of sp³-hybridized carbons (Fsp3) is 0.286. The topological polar surface area (TPSA) is 114 Å². The molecular formula is C21H20ClNO6. The zero-order chi connectivity index (χ0) is 20.9. The Kier molecular flexibility index (Phi) is 4.90. The minimum atomic E-state index is -0.508. The molecule has 2 heterocycles. The molecule has 1 aliphatic rings. The predicted octanol–water partition coefficient (Wildman–Crippen LogP) is 3.01. The van der Waals surface area contributed by atoms with Crippen LogP contribution in [0, 0.1) is 0 Å². The summed E-state index contributed by atoms with van der Waals surface area (Å²) in [5.41, 5.74) is 0.201. The lowest BCUT2D eigenvalue weighted by Gasteiger charge is -2.24. The highest BCUT2D eigenvalue weighted by Crippen LogP contribution is 2.44. The van der Waals surface area contributed by atoms with Crippen molar-refractivity contribution in [2.75, 3.05) is 20.2 Å². The van der Waals surface area contributed by atoms with Crippen molar-refractivity contribution in [2.24, 2.45) is 0 Å². The number of aliphatic hydroxyl groups excluding tert-OH is 1. The van der Waals surface area contributed by atoms with Gasteiger partial charge < -0.3 is 29.7 Å². The number of likely N-dealkylation sites (N-methyl/N-ethyl adjacent to an activating group) is 1. The monoisotopic (exact) mass is 417 g/mol. The summed E-state index contributed by atoms with van der Waals surface area (Å²) in [6, 6.07) is 6.30. The SMILES string of the molecule is CN1CCC(c2c(O)cc(O)c3c(=O)cc(-c4cc(O)ccc4Cl)oc23)C1CO. The van der Waals surface area contributed by atoms with Crippen LogP contribution in [-0.4, -0.2) is 51.6 Å². The van der Waals surface area contributed by atoms with Gasteiger partial charge in [0.2, 0.25) is 0 Å². The van der Waals surface area contributed by atoms with E-state index in [9.17, 15) is 25.2 Å². The van der Waals surface area contributed by atoms with Crippen LogP contribution >= 0.6 is 11.6 Å². The molecule has 0 spiro atoms. The number of benzene rings is 2. The van der Waals surface area contributed by atoms with Crippen molar-refractivity contribution in [3.05, 3.63) is 51.1 Å². The average Bonchev–Trinajstić information content (AvgIpc) is 3.03. The number of nitrogens with zero attached hydrogens (tertiary/aromatic N) is 1. The summed E-state index contributed by atoms with van der Waals surface area (Å²) in [7, 11) is 1.87. The summed E-state index contributed by atoms with van der Waals surface area (Å²) in [4.78, 5) is 14.8. The van der Waals surface area contributed by atoms with Crippen LogP contribution in [0.4, 0.5) is 0 Å². The Morgan fingerprint density at radius 2 is 1.93 bits per heavy atom. The Hall–Kier alpha value is -2.74. The number of rotatable bonds is 3. The summed E-state index contributed by atoms with van der Waals surface area (Å²) in [5.74, 6) is -0.858. The Labute approximate surface area is 171 Å². The largest absolute Gasteiger partial charge is 0.508 e. The van der Waals surface area contributed by atoms with Crippen LogP contribution in [0.1, 0.15) is 17.9 Å². The van der Waals surface area contributed by atoms with Gasteiger partial charge in [-0.3, -0.25) is 4.79 Å². The van der Waals surface area contributed by atoms with E-state index in [1.807, 2.05) is 11.9 Å². The fourth-order valence-electron chi connectivity index (χ4n) is 4.13. The second-order valence-corrected chi connectivity index (χ2v) is 7.70. The van der Waals surface area contributed by atoms with Gasteiger partial charge in [-0.1, -0.05) is 11.6 Å². The third-order valence-corrected chi connectivity index (χ3v) is 5.92. The third-order valence-electron chi connectivity index (χ3n) is 5.59. The first-order chi connectivity index (χ1) is 13.8. The van der Waals surface area contributed by atoms with Crippen molar-refractivity contribution in [2.45, 2.75) is 18.4 Å². The van der Waals surface area contributed by atoms with Gasteiger partial charge in [-0.2, -0.15) is 0 Å². The molecule has 2 unspecified atom stereocenters. The first kappa shape index (κ1) is 19.6. The third kappa shape index (κ3) is 3.21. The highest BCUT2D eigenvalue weighted by atomic mass is 35.5. The van der Waals surface area contributed by atoms with Crippen molar-refractivity contribution in [1.29, 1.82) is 0 Å². The normalized spacial score (nSPS) is 19.8. The van der Waals surface area contributed by atoms with E-state index in [1.165, 1.54) is 24.3 Å². The van der Waals surface area contributed by atoms with E-state index in [2.05, 4.69) is 0 Å². The Bertz CT molecular complexity index is 1160. The van der Waals surface area contributed by atoms with Gasteiger partial charge >= 0.3 is 0 Å². The van der Waals surface area contributed by atoms with Crippen molar-refractivity contribution in [3.63, 3.8) is 0 Å². The number of hydrogen-bond acceptors (Lipinski definition) is 7. The maximum atomic E-state index is 12.8. The molecule has 4 rings (SSSR count). The maximum Gasteiger partial charge on any atom is 0.197 e. The molecule has 1 saturated heterocycles. The summed E-state index contributed by atoms with van der Waals surface area (Å²) in [6.45, 7) is 0.561. The minimum absolute atomic E-state index is 0.0446. The number of halogens is 1. The van der Waals surface area contributed by atoms with E-state index in [0.717, 1.165) is 6.07 Å². The molecule has 0 aliphatic carbocycles. The number of fused-ring (bicyclic) bond motifs is 1. The first-order valence-electron chi connectivity index (χ1n) is 9.14. The second-order valence-electron chi connectivity index (χ2n) is 7.30. The molecule has 0 bridgehead atoms. The van der Waals surface area contributed by atoms with Crippen LogP contribution in [0.15, 0.2) is 39.5 Å². The highest BCUT2D eigenvalue weighted by molar-refractivity contribution is 6.33. The molecule has 7 nitrogen and oxygen atoms in total. The standard InChI is InChI=1S/C21H20ClNO6/c1-23-5-4-11(14(23)9-24)19-15(26)7-16(27)20-17(28)8-18(29-21(19)20)12-6-10(25)2-3-13(12)22/h2-3,6-8,11,14,24-27H,4-5,9H2,1H3. The molecule has 0 saturated carbocycles. The Morgan fingerprint density at radius 1 is 1.17 bits per heavy atom. The van der Waals surface area contributed by atoms with Gasteiger partial charge in [0.05, 0.1) is 11.6 Å². The summed E-state index contributed by atoms with van der Waals surface area (Å²) >= 11 is 6.22. The van der Waals surface area contributed by atoms with E-state index < -0.39 is 11.2 Å². The van der Waals surface area contributed by atoms with Crippen LogP contribution in [0.5, 0.6) is 17.2 Å². The van der Waals surface area contributed by atoms with Gasteiger partial charge in [-0.05, 0) is 38.2 Å². The Morgan fingerprint density at radius 3 is 2.66 bits per heavy atom. The second kappa shape index (κ2) is 7.26. The molecule has 1 aliphatic heterocycles. The van der Waals surface area contributed by atoms with Crippen molar-refractivity contribution < 1.29 is 24.8 Å². The lowest BCUT2D eigenvalue weighted by Crippen LogP contribution is -2.32. The van der Waals surface area contributed by atoms with Gasteiger partial charge in [-0.25, -0.2) is 0 Å². The predicted molar refractivity (Wildman–Crippen MR) is 109 cm³/mol. The number of aromatic hydroxyl groups is 3. The molecule has 3 aromatic rings. The summed E-state index contributed by atoms with van der Waals surface area (Å²) in [5, 5.41) is 40.7. The van der Waals surface area contributed by atoms with Gasteiger partial charge in [0.15, 0.2) is 5.43 Å². The van der Waals surface area contributed by atoms with E-state index in [4.69, 9.17) is 16.0 Å². The summed E-state index contributed by atoms with van der Waals surface area (Å²) < 4.78 is 5.98. The van der Waals surface area contributed by atoms with E-state index >= 15 is 0 Å². The zero-order valence-electron chi connectivity index (χ0n) is 15.6. The number of phenolic OH excluding ortho intramolecular Hbond substituents is 3. The van der Waals surface area contributed by atoms with E-state index in [0.29, 0.717) is 24.1 Å². The van der Waals surface area contributed by atoms with Crippen LogP contribution < -0.4 is 5.43 Å². The van der Waals surface area contributed by atoms with Gasteiger partial charge in [-0.15, -0.1) is 0 Å². The molecule has 1 fully saturated rings. The maximum absolute atomic E-state index is 12.8. The molecule has 0 amide bonds. The molecule has 1 aromatic heterocycles. The van der Waals surface area contributed by atoms with Crippen LogP contribution in [-0.2, 0) is 0 Å². The van der Waals surface area contributed by atoms with Crippen molar-refractivity contribution >= 4 is 22.6 Å². The van der Waals surface area contributed by atoms with E-state index in [1.54, 1.807) is 0 Å². The lowest BCUT2D eigenvalue weighted by atomic mass is 9.89. The molecule has 2 aromatic carbocycles. The highest BCUT2D eigenvalue weighted by Gasteiger charge is 2.36. The quantitative estimate of drug-likeness (QED) is 0.518. The number of phenols is 3. The van der Waals surface area contributed by atoms with Gasteiger partial charge in [0.25, 0.3) is 0 Å². The van der Waals surface area contributed by atoms with Crippen LogP contribution in [0.25, 0.3) is 22.3 Å². The molecular weight excluding hydrogens is 398 g/mol. The van der Waals surface area contributed by atoms with Gasteiger partial charge in [0, 0.05) is 35.2 Å². The molecule has 8 heteroatoms. The number of hydrogen-bond donors (Lipinski definition) is 4. The molecule has 4 N–H and O–H groups in total. The lowest BCUT2D eigenvalue weighted by molar-refractivity contribution is 0.172. The fourth-order valence-corrected chi connectivity index (χ4v) is 4.34. The molecule has 29 heavy (non-hydrogen) atoms. The van der Waals surface area contributed by atoms with Crippen LogP contribution in [0.2, 0.25) is 5.02 Å². The van der Waals surface area contributed by atoms with E-state index in [-0.39, 0.29) is 51.8 Å². The first-order valence-corrected chi connectivity index (χ1v) is 9.52. The Balaban J connectivity index is 2.03. The zero-order valence-corrected chi connectivity index (χ0v) is 16.3.